The fourth-order valence-corrected chi connectivity index (χ4v) is 4.65. The zero-order valence-electron chi connectivity index (χ0n) is 25.4. The Morgan fingerprint density at radius 2 is 1.52 bits per heavy atom. The van der Waals surface area contributed by atoms with Crippen molar-refractivity contribution in [2.24, 2.45) is 10.9 Å². The maximum absolute atomic E-state index is 13.9. The Kier molecular flexibility index (Phi) is 9.31. The molecule has 220 valence electrons. The number of aliphatic imine (C=N–C) groups is 1. The van der Waals surface area contributed by atoms with Crippen molar-refractivity contribution in [3.8, 4) is 0 Å². The SMILES string of the molecule is CC1=N[C@H](CC(C)C)C(=O)N(CC(=O)N2CCN(C(=O)OC(C)(C)C)CC2)c2cc(C(=O)OC(C)(C)C)ccc21. The molecular weight excluding hydrogens is 512 g/mol. The molecule has 0 bridgehead atoms. The number of ether oxygens (including phenoxy) is 2. The van der Waals surface area contributed by atoms with Gasteiger partial charge < -0.3 is 24.2 Å². The molecule has 40 heavy (non-hydrogen) atoms. The second-order valence-electron chi connectivity index (χ2n) is 12.9. The molecule has 3 rings (SSSR count). The lowest BCUT2D eigenvalue weighted by atomic mass is 10.0. The lowest BCUT2D eigenvalue weighted by molar-refractivity contribution is -0.133. The van der Waals surface area contributed by atoms with Crippen LogP contribution in [0.1, 0.15) is 84.7 Å². The number of benzodiazepines with no additional fused rings is 1. The van der Waals surface area contributed by atoms with Gasteiger partial charge in [0.25, 0.3) is 5.91 Å². The zero-order valence-corrected chi connectivity index (χ0v) is 25.4. The second-order valence-corrected chi connectivity index (χ2v) is 12.9. The molecule has 0 spiro atoms. The number of carbonyl (C=O) groups is 4. The van der Waals surface area contributed by atoms with E-state index in [0.29, 0.717) is 55.1 Å². The summed E-state index contributed by atoms with van der Waals surface area (Å²) in [5.74, 6) is -0.824. The van der Waals surface area contributed by atoms with Crippen LogP contribution in [0.2, 0.25) is 0 Å². The van der Waals surface area contributed by atoms with Crippen molar-refractivity contribution < 1.29 is 28.7 Å². The first kappa shape index (κ1) is 31.1. The molecule has 2 aliphatic heterocycles. The molecule has 10 nitrogen and oxygen atoms in total. The van der Waals surface area contributed by atoms with Crippen LogP contribution in [0.5, 0.6) is 0 Å². The maximum Gasteiger partial charge on any atom is 0.410 e. The maximum atomic E-state index is 13.9. The van der Waals surface area contributed by atoms with Gasteiger partial charge in [-0.3, -0.25) is 14.6 Å². The number of nitrogens with zero attached hydrogens (tertiary/aromatic N) is 4. The monoisotopic (exact) mass is 556 g/mol. The fraction of sp³-hybridized carbons (Fsp3) is 0.633. The highest BCUT2D eigenvalue weighted by Crippen LogP contribution is 2.30. The number of hydrogen-bond donors (Lipinski definition) is 0. The quantitative estimate of drug-likeness (QED) is 0.501. The van der Waals surface area contributed by atoms with E-state index in [2.05, 4.69) is 0 Å². The normalized spacial score (nSPS) is 18.2. The summed E-state index contributed by atoms with van der Waals surface area (Å²) in [7, 11) is 0. The lowest BCUT2D eigenvalue weighted by Crippen LogP contribution is -2.54. The number of amides is 3. The molecule has 0 saturated carbocycles. The van der Waals surface area contributed by atoms with Gasteiger partial charge in [0.1, 0.15) is 23.8 Å². The van der Waals surface area contributed by atoms with Crippen LogP contribution < -0.4 is 4.90 Å². The van der Waals surface area contributed by atoms with Gasteiger partial charge in [-0.15, -0.1) is 0 Å². The third kappa shape index (κ3) is 8.05. The predicted molar refractivity (Wildman–Crippen MR) is 154 cm³/mol. The summed E-state index contributed by atoms with van der Waals surface area (Å²) in [6.45, 7) is 17.8. The standard InChI is InChI=1S/C30H44N4O6/c1-19(2)16-23-26(36)34(18-25(35)32-12-14-33(15-13-32)28(38)40-30(7,8)9)24-17-21(27(37)39-29(4,5)6)10-11-22(24)20(3)31-23/h10-11,17,19,23H,12-16,18H2,1-9H3/t23-/m1/s1. The van der Waals surface area contributed by atoms with E-state index in [1.165, 1.54) is 4.90 Å². The van der Waals surface area contributed by atoms with E-state index in [4.69, 9.17) is 14.5 Å². The number of carbonyl (C=O) groups excluding carboxylic acids is 4. The van der Waals surface area contributed by atoms with Crippen LogP contribution in [0.3, 0.4) is 0 Å². The van der Waals surface area contributed by atoms with Crippen molar-refractivity contribution in [3.63, 3.8) is 0 Å². The molecule has 0 N–H and O–H groups in total. The zero-order chi connectivity index (χ0) is 30.0. The molecule has 1 saturated heterocycles. The predicted octanol–water partition coefficient (Wildman–Crippen LogP) is 4.29. The Bertz CT molecular complexity index is 1170. The number of piperazine rings is 1. The summed E-state index contributed by atoms with van der Waals surface area (Å²) >= 11 is 0. The van der Waals surface area contributed by atoms with Gasteiger partial charge in [0.15, 0.2) is 0 Å². The molecule has 10 heteroatoms. The van der Waals surface area contributed by atoms with E-state index >= 15 is 0 Å². The molecule has 0 aliphatic carbocycles. The van der Waals surface area contributed by atoms with Crippen molar-refractivity contribution in [1.29, 1.82) is 0 Å². The van der Waals surface area contributed by atoms with Crippen LogP contribution in [0.15, 0.2) is 23.2 Å². The molecule has 0 aromatic heterocycles. The first-order valence-electron chi connectivity index (χ1n) is 13.9. The Labute approximate surface area is 237 Å². The van der Waals surface area contributed by atoms with Crippen LogP contribution in [0, 0.1) is 5.92 Å². The van der Waals surface area contributed by atoms with E-state index in [1.807, 2.05) is 41.5 Å². The highest BCUT2D eigenvalue weighted by atomic mass is 16.6. The summed E-state index contributed by atoms with van der Waals surface area (Å²) < 4.78 is 11.0. The van der Waals surface area contributed by atoms with Gasteiger partial charge in [-0.25, -0.2) is 9.59 Å². The van der Waals surface area contributed by atoms with E-state index < -0.39 is 29.3 Å². The minimum absolute atomic E-state index is 0.201. The van der Waals surface area contributed by atoms with Crippen LogP contribution in [0.25, 0.3) is 0 Å². The summed E-state index contributed by atoms with van der Waals surface area (Å²) in [4.78, 5) is 62.1. The van der Waals surface area contributed by atoms with Crippen molar-refractivity contribution in [1.82, 2.24) is 9.80 Å². The van der Waals surface area contributed by atoms with E-state index in [-0.39, 0.29) is 24.3 Å². The number of esters is 1. The molecule has 2 aliphatic rings. The molecule has 3 amide bonds. The third-order valence-electron chi connectivity index (χ3n) is 6.49. The fourth-order valence-electron chi connectivity index (χ4n) is 4.65. The number of benzene rings is 1. The molecule has 1 fully saturated rings. The summed E-state index contributed by atoms with van der Waals surface area (Å²) in [6, 6.07) is 4.39. The van der Waals surface area contributed by atoms with E-state index in [1.54, 1.807) is 48.8 Å². The molecule has 0 radical (unpaired) electrons. The van der Waals surface area contributed by atoms with Gasteiger partial charge in [0.2, 0.25) is 5.91 Å². The molecule has 0 unspecified atom stereocenters. The summed E-state index contributed by atoms with van der Waals surface area (Å²) in [6.07, 6.45) is 0.123. The molecule has 2 heterocycles. The van der Waals surface area contributed by atoms with Crippen molar-refractivity contribution >= 4 is 35.3 Å². The van der Waals surface area contributed by atoms with Crippen molar-refractivity contribution in [2.45, 2.75) is 86.0 Å². The molecule has 1 atom stereocenters. The largest absolute Gasteiger partial charge is 0.456 e. The minimum atomic E-state index is -0.684. The Balaban J connectivity index is 1.87. The average Bonchev–Trinajstić information content (AvgIpc) is 2.92. The number of anilines is 1. The smallest absolute Gasteiger partial charge is 0.410 e. The topological polar surface area (TPSA) is 109 Å². The van der Waals surface area contributed by atoms with Gasteiger partial charge >= 0.3 is 12.1 Å². The van der Waals surface area contributed by atoms with E-state index in [9.17, 15) is 19.2 Å². The minimum Gasteiger partial charge on any atom is -0.456 e. The summed E-state index contributed by atoms with van der Waals surface area (Å²) in [5.41, 5.74) is 0.827. The van der Waals surface area contributed by atoms with Gasteiger partial charge in [0.05, 0.1) is 11.3 Å². The van der Waals surface area contributed by atoms with Gasteiger partial charge in [-0.2, -0.15) is 0 Å². The first-order valence-corrected chi connectivity index (χ1v) is 13.9. The Morgan fingerprint density at radius 3 is 2.08 bits per heavy atom. The summed E-state index contributed by atoms with van der Waals surface area (Å²) in [5, 5.41) is 0. The van der Waals surface area contributed by atoms with Gasteiger partial charge in [0, 0.05) is 37.5 Å². The second kappa shape index (κ2) is 12.0. The number of hydrogen-bond acceptors (Lipinski definition) is 7. The Hall–Kier alpha value is -3.43. The molecule has 1 aromatic rings. The van der Waals surface area contributed by atoms with E-state index in [0.717, 1.165) is 0 Å². The number of rotatable bonds is 5. The average molecular weight is 557 g/mol. The van der Waals surface area contributed by atoms with Crippen LogP contribution >= 0.6 is 0 Å². The van der Waals surface area contributed by atoms with Crippen molar-refractivity contribution in [2.75, 3.05) is 37.6 Å². The van der Waals surface area contributed by atoms with Crippen LogP contribution in [-0.2, 0) is 19.1 Å². The Morgan fingerprint density at radius 1 is 0.950 bits per heavy atom. The van der Waals surface area contributed by atoms with Crippen LogP contribution in [-0.4, -0.2) is 89.4 Å². The lowest BCUT2D eigenvalue weighted by Gasteiger charge is -2.36. The molecule has 1 aromatic carbocycles. The highest BCUT2D eigenvalue weighted by Gasteiger charge is 2.35. The molecular formula is C30H44N4O6. The van der Waals surface area contributed by atoms with Crippen LogP contribution in [0.4, 0.5) is 10.5 Å². The number of fused-ring (bicyclic) bond motifs is 1. The highest BCUT2D eigenvalue weighted by molar-refractivity contribution is 6.14. The third-order valence-corrected chi connectivity index (χ3v) is 6.49. The van der Waals surface area contributed by atoms with Crippen molar-refractivity contribution in [3.05, 3.63) is 29.3 Å². The first-order chi connectivity index (χ1) is 18.4. The van der Waals surface area contributed by atoms with Gasteiger partial charge in [-0.05, 0) is 72.9 Å². The van der Waals surface area contributed by atoms with Gasteiger partial charge in [-0.1, -0.05) is 19.9 Å².